The van der Waals surface area contributed by atoms with E-state index in [9.17, 15) is 0 Å². The summed E-state index contributed by atoms with van der Waals surface area (Å²) in [4.78, 5) is 0. The number of aliphatic hydroxyl groups is 1. The standard InChI is InChI=1S/C8H12Cl3N3O/c1-2-3-4-14-7(8(9,10)11)6(5-15)12-13-14/h15H,2-5H2,1H3. The molecule has 0 spiro atoms. The highest BCUT2D eigenvalue weighted by molar-refractivity contribution is 6.66. The van der Waals surface area contributed by atoms with Gasteiger partial charge in [-0.05, 0) is 6.42 Å². The summed E-state index contributed by atoms with van der Waals surface area (Å²) in [6.45, 7) is 2.40. The monoisotopic (exact) mass is 271 g/mol. The molecule has 0 bridgehead atoms. The predicted octanol–water partition coefficient (Wildman–Crippen LogP) is 2.40. The number of hydrogen-bond donors (Lipinski definition) is 1. The molecule has 0 atom stereocenters. The topological polar surface area (TPSA) is 50.9 Å². The van der Waals surface area contributed by atoms with Gasteiger partial charge in [-0.15, -0.1) is 5.10 Å². The molecule has 0 fully saturated rings. The van der Waals surface area contributed by atoms with E-state index in [2.05, 4.69) is 17.2 Å². The molecule has 1 aromatic heterocycles. The molecule has 15 heavy (non-hydrogen) atoms. The molecule has 0 aliphatic carbocycles. The number of alkyl halides is 3. The Balaban J connectivity index is 3.01. The van der Waals surface area contributed by atoms with Crippen molar-refractivity contribution < 1.29 is 5.11 Å². The molecular formula is C8H12Cl3N3O. The van der Waals surface area contributed by atoms with E-state index in [4.69, 9.17) is 39.9 Å². The second-order valence-electron chi connectivity index (χ2n) is 3.12. The fourth-order valence-electron chi connectivity index (χ4n) is 1.23. The van der Waals surface area contributed by atoms with Crippen LogP contribution in [0.4, 0.5) is 0 Å². The number of rotatable bonds is 4. The average Bonchev–Trinajstić information content (AvgIpc) is 2.56. The summed E-state index contributed by atoms with van der Waals surface area (Å²) in [7, 11) is 0. The highest BCUT2D eigenvalue weighted by atomic mass is 35.6. The van der Waals surface area contributed by atoms with Gasteiger partial charge in [0.05, 0.1) is 6.61 Å². The Labute approximate surface area is 103 Å². The van der Waals surface area contributed by atoms with Crippen LogP contribution in [-0.4, -0.2) is 20.1 Å². The van der Waals surface area contributed by atoms with Crippen molar-refractivity contribution in [1.82, 2.24) is 15.0 Å². The lowest BCUT2D eigenvalue weighted by atomic mass is 10.3. The molecule has 0 aromatic carbocycles. The fourth-order valence-corrected chi connectivity index (χ4v) is 1.85. The van der Waals surface area contributed by atoms with Crippen molar-refractivity contribution in [2.45, 2.75) is 36.7 Å². The lowest BCUT2D eigenvalue weighted by Gasteiger charge is -2.13. The Morgan fingerprint density at radius 1 is 1.40 bits per heavy atom. The van der Waals surface area contributed by atoms with Gasteiger partial charge in [-0.3, -0.25) is 0 Å². The van der Waals surface area contributed by atoms with Crippen LogP contribution in [-0.2, 0) is 16.9 Å². The Morgan fingerprint density at radius 3 is 2.53 bits per heavy atom. The number of aryl methyl sites for hydroxylation is 1. The first-order chi connectivity index (χ1) is 7.00. The number of aliphatic hydroxyl groups excluding tert-OH is 1. The first-order valence-electron chi connectivity index (χ1n) is 4.61. The summed E-state index contributed by atoms with van der Waals surface area (Å²) in [5.74, 6) is 0. The highest BCUT2D eigenvalue weighted by Crippen LogP contribution is 2.39. The van der Waals surface area contributed by atoms with Gasteiger partial charge in [0.25, 0.3) is 0 Å². The molecule has 0 saturated carbocycles. The molecule has 7 heteroatoms. The van der Waals surface area contributed by atoms with Gasteiger partial charge >= 0.3 is 0 Å². The van der Waals surface area contributed by atoms with Crippen molar-refractivity contribution in [3.05, 3.63) is 11.4 Å². The third-order valence-corrected chi connectivity index (χ3v) is 2.48. The van der Waals surface area contributed by atoms with Crippen molar-refractivity contribution in [1.29, 1.82) is 0 Å². The van der Waals surface area contributed by atoms with Gasteiger partial charge in [-0.25, -0.2) is 4.68 Å². The maximum Gasteiger partial charge on any atom is 0.234 e. The largest absolute Gasteiger partial charge is 0.390 e. The summed E-state index contributed by atoms with van der Waals surface area (Å²) in [6.07, 6.45) is 1.93. The van der Waals surface area contributed by atoms with Crippen LogP contribution in [0.25, 0.3) is 0 Å². The minimum atomic E-state index is -1.60. The zero-order valence-electron chi connectivity index (χ0n) is 8.25. The van der Waals surface area contributed by atoms with Crippen LogP contribution in [0.5, 0.6) is 0 Å². The van der Waals surface area contributed by atoms with Gasteiger partial charge in [0.2, 0.25) is 3.79 Å². The lowest BCUT2D eigenvalue weighted by Crippen LogP contribution is -2.14. The summed E-state index contributed by atoms with van der Waals surface area (Å²) in [6, 6.07) is 0. The fraction of sp³-hybridized carbons (Fsp3) is 0.750. The zero-order valence-corrected chi connectivity index (χ0v) is 10.5. The van der Waals surface area contributed by atoms with Gasteiger partial charge < -0.3 is 5.11 Å². The molecule has 0 aliphatic rings. The minimum absolute atomic E-state index is 0.282. The number of nitrogens with zero attached hydrogens (tertiary/aromatic N) is 3. The Morgan fingerprint density at radius 2 is 2.07 bits per heavy atom. The first kappa shape index (κ1) is 13.0. The summed E-state index contributed by atoms with van der Waals surface area (Å²) < 4.78 is -0.0721. The van der Waals surface area contributed by atoms with Gasteiger partial charge in [0, 0.05) is 6.54 Å². The summed E-state index contributed by atoms with van der Waals surface area (Å²) in [5, 5.41) is 16.6. The van der Waals surface area contributed by atoms with Crippen molar-refractivity contribution in [2.24, 2.45) is 0 Å². The molecule has 1 heterocycles. The van der Waals surface area contributed by atoms with E-state index in [1.807, 2.05) is 0 Å². The normalized spacial score (nSPS) is 12.1. The van der Waals surface area contributed by atoms with Crippen LogP contribution >= 0.6 is 34.8 Å². The Bertz CT molecular complexity index is 321. The number of aromatic nitrogens is 3. The molecule has 0 amide bonds. The molecule has 1 N–H and O–H groups in total. The second-order valence-corrected chi connectivity index (χ2v) is 5.40. The Hall–Kier alpha value is -0.0300. The second kappa shape index (κ2) is 5.34. The third kappa shape index (κ3) is 3.21. The van der Waals surface area contributed by atoms with Gasteiger partial charge in [0.1, 0.15) is 11.4 Å². The van der Waals surface area contributed by atoms with Crippen LogP contribution in [0.1, 0.15) is 31.2 Å². The van der Waals surface area contributed by atoms with Crippen LogP contribution < -0.4 is 0 Å². The maximum atomic E-state index is 9.03. The van der Waals surface area contributed by atoms with Crippen LogP contribution in [0, 0.1) is 0 Å². The van der Waals surface area contributed by atoms with Gasteiger partial charge in [0.15, 0.2) is 0 Å². The number of unbranched alkanes of at least 4 members (excludes halogenated alkanes) is 1. The quantitative estimate of drug-likeness (QED) is 0.856. The van der Waals surface area contributed by atoms with E-state index in [-0.39, 0.29) is 6.61 Å². The van der Waals surface area contributed by atoms with E-state index >= 15 is 0 Å². The number of halogens is 3. The van der Waals surface area contributed by atoms with Crippen LogP contribution in [0.2, 0.25) is 0 Å². The van der Waals surface area contributed by atoms with E-state index in [0.717, 1.165) is 12.8 Å². The van der Waals surface area contributed by atoms with Crippen molar-refractivity contribution in [3.63, 3.8) is 0 Å². The Kier molecular flexibility index (Phi) is 4.64. The van der Waals surface area contributed by atoms with Crippen LogP contribution in [0.3, 0.4) is 0 Å². The average molecular weight is 273 g/mol. The summed E-state index contributed by atoms with van der Waals surface area (Å²) >= 11 is 17.4. The smallest absolute Gasteiger partial charge is 0.234 e. The van der Waals surface area contributed by atoms with Crippen LogP contribution in [0.15, 0.2) is 0 Å². The lowest BCUT2D eigenvalue weighted by molar-refractivity contribution is 0.275. The van der Waals surface area contributed by atoms with Crippen molar-refractivity contribution >= 4 is 34.8 Å². The SMILES string of the molecule is CCCCn1nnc(CO)c1C(Cl)(Cl)Cl. The minimum Gasteiger partial charge on any atom is -0.390 e. The molecule has 0 unspecified atom stereocenters. The summed E-state index contributed by atoms with van der Waals surface area (Å²) in [5.41, 5.74) is 0.662. The molecule has 86 valence electrons. The van der Waals surface area contributed by atoms with Gasteiger partial charge in [-0.1, -0.05) is 53.4 Å². The molecule has 0 radical (unpaired) electrons. The van der Waals surface area contributed by atoms with E-state index < -0.39 is 3.79 Å². The highest BCUT2D eigenvalue weighted by Gasteiger charge is 2.31. The van der Waals surface area contributed by atoms with Gasteiger partial charge in [-0.2, -0.15) is 0 Å². The maximum absolute atomic E-state index is 9.03. The van der Waals surface area contributed by atoms with Crippen molar-refractivity contribution in [3.8, 4) is 0 Å². The predicted molar refractivity (Wildman–Crippen MR) is 60.1 cm³/mol. The van der Waals surface area contributed by atoms with E-state index in [1.54, 1.807) is 0 Å². The molecule has 0 saturated heterocycles. The molecule has 4 nitrogen and oxygen atoms in total. The third-order valence-electron chi connectivity index (χ3n) is 1.95. The van der Waals surface area contributed by atoms with E-state index in [0.29, 0.717) is 17.9 Å². The van der Waals surface area contributed by atoms with E-state index in [1.165, 1.54) is 4.68 Å². The van der Waals surface area contributed by atoms with Crippen molar-refractivity contribution in [2.75, 3.05) is 0 Å². The zero-order chi connectivity index (χ0) is 11.5. The molecule has 0 aliphatic heterocycles. The molecular weight excluding hydrogens is 260 g/mol. The number of hydrogen-bond acceptors (Lipinski definition) is 3. The molecule has 1 aromatic rings. The first-order valence-corrected chi connectivity index (χ1v) is 5.74. The molecule has 1 rings (SSSR count).